The Morgan fingerprint density at radius 2 is 0.835 bits per heavy atom. The number of aliphatic carboxylic acids is 1. The summed E-state index contributed by atoms with van der Waals surface area (Å²) >= 11 is 0. The second-order valence-corrected chi connectivity index (χ2v) is 19.9. The van der Waals surface area contributed by atoms with Gasteiger partial charge in [-0.3, -0.25) is 14.4 Å². The fourth-order valence-corrected chi connectivity index (χ4v) is 8.15. The molecule has 6 unspecified atom stereocenters. The van der Waals surface area contributed by atoms with Crippen molar-refractivity contribution in [2.24, 2.45) is 0 Å². The van der Waals surface area contributed by atoms with E-state index < -0.39 is 67.3 Å². The Kier molecular flexibility index (Phi) is 48.7. The minimum absolute atomic E-state index is 0.0218. The number of carbonyl (C=O) groups excluding carboxylic acids is 3. The molecular formula is C67H104O12. The Bertz CT molecular complexity index is 1880. The van der Waals surface area contributed by atoms with Crippen LogP contribution in [0.25, 0.3) is 0 Å². The molecule has 0 spiro atoms. The van der Waals surface area contributed by atoms with Crippen LogP contribution < -0.4 is 0 Å². The third-order valence-corrected chi connectivity index (χ3v) is 12.7. The smallest absolute Gasteiger partial charge is 0.335 e. The maximum absolute atomic E-state index is 13.1. The Morgan fingerprint density at radius 3 is 1.30 bits per heavy atom. The third-order valence-electron chi connectivity index (χ3n) is 12.7. The number of hydrogen-bond donors (Lipinski definition) is 3. The lowest BCUT2D eigenvalue weighted by atomic mass is 9.98. The summed E-state index contributed by atoms with van der Waals surface area (Å²) in [6, 6.07) is 0. The lowest BCUT2D eigenvalue weighted by molar-refractivity contribution is -0.301. The van der Waals surface area contributed by atoms with Gasteiger partial charge in [-0.2, -0.15) is 0 Å². The van der Waals surface area contributed by atoms with Crippen molar-refractivity contribution in [2.75, 3.05) is 13.2 Å². The zero-order valence-electron chi connectivity index (χ0n) is 48.8. The first-order valence-corrected chi connectivity index (χ1v) is 30.2. The van der Waals surface area contributed by atoms with Gasteiger partial charge in [-0.15, -0.1) is 0 Å². The summed E-state index contributed by atoms with van der Waals surface area (Å²) < 4.78 is 28.3. The number of aliphatic hydroxyl groups is 2. The van der Waals surface area contributed by atoms with Gasteiger partial charge in [0.15, 0.2) is 24.6 Å². The van der Waals surface area contributed by atoms with Crippen LogP contribution in [0.1, 0.15) is 213 Å². The normalized spacial score (nSPS) is 18.8. The first kappa shape index (κ1) is 71.9. The standard InChI is InChI=1S/C67H104O12/c1-4-7-10-13-16-19-22-25-27-29-30-32-34-37-40-43-46-49-52-55-61(70)78-65-63(72)62(71)64(66(73)74)79-67(65)76-57-58(77-60(69)54-51-48-45-42-39-35-24-21-18-15-12-9-6-3)56-75-59(68)53-50-47-44-41-38-36-33-31-28-26-23-20-17-14-11-8-5-2/h8-9,11-12,16-21,25-28,33,35-36,39,41,44-45,48,58,62-65,67,71-72H,4-7,10,13-15,22-24,29-32,34,37-38,40,42-43,46-47,49-57H2,1-3H3,(H,73,74)/b11-8-,12-9-,19-16-,20-17-,21-18-,27-25-,28-26-,36-33-,39-35-,44-41-,48-45-. The van der Waals surface area contributed by atoms with Crippen molar-refractivity contribution >= 4 is 23.9 Å². The summed E-state index contributed by atoms with van der Waals surface area (Å²) in [5.41, 5.74) is 0. The number of carboxylic acids is 1. The molecule has 0 bridgehead atoms. The first-order valence-electron chi connectivity index (χ1n) is 30.2. The topological polar surface area (TPSA) is 175 Å². The van der Waals surface area contributed by atoms with Gasteiger partial charge in [-0.05, 0) is 116 Å². The Labute approximate surface area is 477 Å². The molecule has 79 heavy (non-hydrogen) atoms. The highest BCUT2D eigenvalue weighted by Crippen LogP contribution is 2.26. The van der Waals surface area contributed by atoms with E-state index in [0.29, 0.717) is 32.1 Å². The SMILES string of the molecule is CC/C=C\C/C=C\C/C=C\C/C=C\C/C=C\CCCC(=O)OCC(COC1OC(C(=O)O)C(O)C(O)C1OC(=O)CCCCCCCCCCC/C=C\C/C=C\CCCCC)OC(=O)CC/C=C\C/C=C\C/C=C\C/C=C\CC. The summed E-state index contributed by atoms with van der Waals surface area (Å²) in [6.07, 6.45) is 63.0. The van der Waals surface area contributed by atoms with Gasteiger partial charge in [-0.25, -0.2) is 4.79 Å². The first-order chi connectivity index (χ1) is 38.6. The van der Waals surface area contributed by atoms with Crippen molar-refractivity contribution in [3.63, 3.8) is 0 Å². The molecule has 0 saturated carbocycles. The van der Waals surface area contributed by atoms with Gasteiger partial charge in [-0.1, -0.05) is 212 Å². The highest BCUT2D eigenvalue weighted by atomic mass is 16.7. The largest absolute Gasteiger partial charge is 0.479 e. The van der Waals surface area contributed by atoms with E-state index in [1.807, 2.05) is 24.3 Å². The number of allylic oxidation sites excluding steroid dienone is 22. The number of unbranched alkanes of at least 4 members (excludes halogenated alkanes) is 13. The van der Waals surface area contributed by atoms with Crippen molar-refractivity contribution in [3.05, 3.63) is 134 Å². The third kappa shape index (κ3) is 43.4. The fourth-order valence-electron chi connectivity index (χ4n) is 8.15. The van der Waals surface area contributed by atoms with Crippen LogP contribution >= 0.6 is 0 Å². The van der Waals surface area contributed by atoms with Crippen LogP contribution in [0, 0.1) is 0 Å². The fraction of sp³-hybridized carbons (Fsp3) is 0.612. The quantitative estimate of drug-likeness (QED) is 0.0228. The molecule has 1 saturated heterocycles. The molecule has 1 fully saturated rings. The molecule has 444 valence electrons. The second-order valence-electron chi connectivity index (χ2n) is 19.9. The van der Waals surface area contributed by atoms with Crippen molar-refractivity contribution in [2.45, 2.75) is 250 Å². The predicted octanol–water partition coefficient (Wildman–Crippen LogP) is 15.8. The number of hydrogen-bond acceptors (Lipinski definition) is 11. The van der Waals surface area contributed by atoms with E-state index in [1.54, 1.807) is 0 Å². The Hall–Kier alpha value is -5.14. The molecule has 12 nitrogen and oxygen atoms in total. The molecule has 0 aromatic heterocycles. The molecule has 1 rings (SSSR count). The van der Waals surface area contributed by atoms with Gasteiger partial charge in [0, 0.05) is 19.3 Å². The number of esters is 3. The van der Waals surface area contributed by atoms with Gasteiger partial charge in [0.05, 0.1) is 6.61 Å². The summed E-state index contributed by atoms with van der Waals surface area (Å²) in [4.78, 5) is 51.1. The van der Waals surface area contributed by atoms with Crippen LogP contribution in [0.4, 0.5) is 0 Å². The van der Waals surface area contributed by atoms with Gasteiger partial charge >= 0.3 is 23.9 Å². The predicted molar refractivity (Wildman–Crippen MR) is 321 cm³/mol. The summed E-state index contributed by atoms with van der Waals surface area (Å²) in [6.45, 7) is 5.61. The molecule has 6 atom stereocenters. The van der Waals surface area contributed by atoms with Crippen LogP contribution in [0.5, 0.6) is 0 Å². The number of rotatable bonds is 49. The molecule has 0 amide bonds. The summed E-state index contributed by atoms with van der Waals surface area (Å²) in [5, 5.41) is 31.5. The van der Waals surface area contributed by atoms with Gasteiger partial charge < -0.3 is 39.0 Å². The zero-order chi connectivity index (χ0) is 57.5. The molecule has 0 radical (unpaired) electrons. The van der Waals surface area contributed by atoms with Crippen LogP contribution in [0.2, 0.25) is 0 Å². The van der Waals surface area contributed by atoms with Gasteiger partial charge in [0.25, 0.3) is 0 Å². The van der Waals surface area contributed by atoms with Crippen LogP contribution in [0.15, 0.2) is 134 Å². The minimum Gasteiger partial charge on any atom is -0.479 e. The molecule has 1 heterocycles. The number of aliphatic hydroxyl groups excluding tert-OH is 2. The highest BCUT2D eigenvalue weighted by Gasteiger charge is 2.50. The van der Waals surface area contributed by atoms with E-state index in [1.165, 1.54) is 51.4 Å². The summed E-state index contributed by atoms with van der Waals surface area (Å²) in [5.74, 6) is -3.33. The van der Waals surface area contributed by atoms with E-state index in [4.69, 9.17) is 23.7 Å². The van der Waals surface area contributed by atoms with Crippen molar-refractivity contribution in [1.82, 2.24) is 0 Å². The Morgan fingerprint density at radius 1 is 0.430 bits per heavy atom. The molecule has 0 aromatic carbocycles. The van der Waals surface area contributed by atoms with Crippen LogP contribution in [-0.2, 0) is 42.9 Å². The molecule has 1 aliphatic rings. The van der Waals surface area contributed by atoms with E-state index in [2.05, 4.69) is 130 Å². The highest BCUT2D eigenvalue weighted by molar-refractivity contribution is 5.74. The van der Waals surface area contributed by atoms with E-state index in [0.717, 1.165) is 89.9 Å². The molecule has 0 aliphatic carbocycles. The average Bonchev–Trinajstić information content (AvgIpc) is 3.47. The van der Waals surface area contributed by atoms with Gasteiger partial charge in [0.1, 0.15) is 18.8 Å². The van der Waals surface area contributed by atoms with Crippen molar-refractivity contribution in [1.29, 1.82) is 0 Å². The Balaban J connectivity index is 2.74. The van der Waals surface area contributed by atoms with E-state index in [9.17, 15) is 34.5 Å². The molecule has 1 aliphatic heterocycles. The minimum atomic E-state index is -1.93. The van der Waals surface area contributed by atoms with Crippen molar-refractivity contribution in [3.8, 4) is 0 Å². The van der Waals surface area contributed by atoms with Gasteiger partial charge in [0.2, 0.25) is 0 Å². The van der Waals surface area contributed by atoms with E-state index >= 15 is 0 Å². The molecule has 0 aromatic rings. The maximum atomic E-state index is 13.1. The van der Waals surface area contributed by atoms with Crippen LogP contribution in [0.3, 0.4) is 0 Å². The second kappa shape index (κ2) is 53.5. The molecular weight excluding hydrogens is 997 g/mol. The monoisotopic (exact) mass is 1100 g/mol. The maximum Gasteiger partial charge on any atom is 0.335 e. The van der Waals surface area contributed by atoms with Crippen LogP contribution in [-0.4, -0.2) is 89.2 Å². The lowest BCUT2D eigenvalue weighted by Gasteiger charge is -2.40. The lowest BCUT2D eigenvalue weighted by Crippen LogP contribution is -2.61. The molecule has 12 heteroatoms. The number of carboxylic acid groups (broad SMARTS) is 1. The molecule has 3 N–H and O–H groups in total. The van der Waals surface area contributed by atoms with E-state index in [-0.39, 0.29) is 25.9 Å². The zero-order valence-corrected chi connectivity index (χ0v) is 48.8. The van der Waals surface area contributed by atoms with Crippen molar-refractivity contribution < 1.29 is 58.2 Å². The number of carbonyl (C=O) groups is 4. The summed E-state index contributed by atoms with van der Waals surface area (Å²) in [7, 11) is 0. The average molecular weight is 1100 g/mol. The number of ether oxygens (including phenoxy) is 5.